The van der Waals surface area contributed by atoms with E-state index in [1.165, 1.54) is 0 Å². The first-order valence-corrected chi connectivity index (χ1v) is 7.85. The van der Waals surface area contributed by atoms with Gasteiger partial charge in [-0.2, -0.15) is 0 Å². The third-order valence-corrected chi connectivity index (χ3v) is 3.77. The first kappa shape index (κ1) is 17.3. The molecule has 1 amide bonds. The highest BCUT2D eigenvalue weighted by Gasteiger charge is 2.26. The van der Waals surface area contributed by atoms with Gasteiger partial charge in [-0.15, -0.1) is 0 Å². The van der Waals surface area contributed by atoms with Crippen LogP contribution in [0.1, 0.15) is 34.6 Å². The third kappa shape index (κ3) is 4.38. The third-order valence-electron chi connectivity index (χ3n) is 2.91. The van der Waals surface area contributed by atoms with Gasteiger partial charge in [0.25, 0.3) is 5.91 Å². The molecule has 0 radical (unpaired) electrons. The molecule has 0 fully saturated rings. The number of ether oxygens (including phenoxy) is 1. The van der Waals surface area contributed by atoms with Crippen molar-refractivity contribution in [2.45, 2.75) is 52.8 Å². The first-order chi connectivity index (χ1) is 9.23. The summed E-state index contributed by atoms with van der Waals surface area (Å²) in [6.45, 7) is 9.78. The molecule has 0 aliphatic rings. The second-order valence-corrected chi connectivity index (χ2v) is 6.56. The predicted molar refractivity (Wildman–Crippen MR) is 86.4 cm³/mol. The zero-order chi connectivity index (χ0) is 15.4. The van der Waals surface area contributed by atoms with Crippen molar-refractivity contribution >= 4 is 33.4 Å². The molecule has 1 aromatic carbocycles. The number of hydrogen-bond donors (Lipinski definition) is 0. The molecule has 5 heteroatoms. The number of carbonyl (C=O) groups excluding carboxylic acids is 1. The molecular formula is C15H21BrClNO2. The fourth-order valence-corrected chi connectivity index (χ4v) is 2.90. The number of halogens is 2. The molecule has 112 valence electrons. The second kappa shape index (κ2) is 7.32. The molecule has 0 bridgehead atoms. The van der Waals surface area contributed by atoms with Crippen molar-refractivity contribution in [3.8, 4) is 5.75 Å². The SMILES string of the molecule is CC(Oc1ccc(Cl)cc1Br)C(=O)N(C(C)C)C(C)C. The van der Waals surface area contributed by atoms with E-state index in [-0.39, 0.29) is 18.0 Å². The van der Waals surface area contributed by atoms with Crippen LogP contribution in [0, 0.1) is 0 Å². The van der Waals surface area contributed by atoms with Crippen LogP contribution < -0.4 is 4.74 Å². The lowest BCUT2D eigenvalue weighted by Gasteiger charge is -2.33. The minimum atomic E-state index is -0.544. The maximum Gasteiger partial charge on any atom is 0.263 e. The summed E-state index contributed by atoms with van der Waals surface area (Å²) in [5, 5.41) is 0.620. The average Bonchev–Trinajstić information content (AvgIpc) is 2.31. The normalized spacial score (nSPS) is 12.7. The van der Waals surface area contributed by atoms with Crippen LogP contribution in [0.25, 0.3) is 0 Å². The van der Waals surface area contributed by atoms with E-state index in [4.69, 9.17) is 16.3 Å². The summed E-state index contributed by atoms with van der Waals surface area (Å²) in [6.07, 6.45) is -0.544. The average molecular weight is 363 g/mol. The van der Waals surface area contributed by atoms with Crippen LogP contribution in [0.15, 0.2) is 22.7 Å². The number of hydrogen-bond acceptors (Lipinski definition) is 2. The minimum absolute atomic E-state index is 0.0168. The van der Waals surface area contributed by atoms with Crippen molar-refractivity contribution in [2.24, 2.45) is 0 Å². The molecular weight excluding hydrogens is 342 g/mol. The smallest absolute Gasteiger partial charge is 0.263 e. The van der Waals surface area contributed by atoms with E-state index >= 15 is 0 Å². The Bertz CT molecular complexity index is 469. The van der Waals surface area contributed by atoms with Gasteiger partial charge in [-0.1, -0.05) is 11.6 Å². The first-order valence-electron chi connectivity index (χ1n) is 6.68. The number of amides is 1. The molecule has 1 unspecified atom stereocenters. The lowest BCUT2D eigenvalue weighted by Crippen LogP contribution is -2.48. The summed E-state index contributed by atoms with van der Waals surface area (Å²) < 4.78 is 6.49. The minimum Gasteiger partial charge on any atom is -0.480 e. The highest BCUT2D eigenvalue weighted by atomic mass is 79.9. The van der Waals surface area contributed by atoms with E-state index in [9.17, 15) is 4.79 Å². The number of benzene rings is 1. The zero-order valence-electron chi connectivity index (χ0n) is 12.5. The maximum atomic E-state index is 12.5. The van der Waals surface area contributed by atoms with Crippen LogP contribution in [0.2, 0.25) is 5.02 Å². The quantitative estimate of drug-likeness (QED) is 0.771. The largest absolute Gasteiger partial charge is 0.480 e. The Morgan fingerprint density at radius 2 is 1.75 bits per heavy atom. The fourth-order valence-electron chi connectivity index (χ4n) is 2.13. The summed E-state index contributed by atoms with van der Waals surface area (Å²) in [7, 11) is 0. The Morgan fingerprint density at radius 1 is 1.20 bits per heavy atom. The van der Waals surface area contributed by atoms with Crippen LogP contribution >= 0.6 is 27.5 Å². The van der Waals surface area contributed by atoms with Gasteiger partial charge < -0.3 is 9.64 Å². The maximum absolute atomic E-state index is 12.5. The molecule has 0 aliphatic heterocycles. The van der Waals surface area contributed by atoms with Gasteiger partial charge in [-0.25, -0.2) is 0 Å². The highest BCUT2D eigenvalue weighted by Crippen LogP contribution is 2.29. The topological polar surface area (TPSA) is 29.5 Å². The van der Waals surface area contributed by atoms with Gasteiger partial charge >= 0.3 is 0 Å². The van der Waals surface area contributed by atoms with Crippen LogP contribution in [-0.2, 0) is 4.79 Å². The number of carbonyl (C=O) groups is 1. The summed E-state index contributed by atoms with van der Waals surface area (Å²) in [6, 6.07) is 5.52. The Kier molecular flexibility index (Phi) is 6.34. The van der Waals surface area contributed by atoms with Crippen LogP contribution in [0.5, 0.6) is 5.75 Å². The van der Waals surface area contributed by atoms with Gasteiger partial charge in [-0.3, -0.25) is 4.79 Å². The standard InChI is InChI=1S/C15H21BrClNO2/c1-9(2)18(10(3)4)15(19)11(5)20-14-7-6-12(17)8-13(14)16/h6-11H,1-5H3. The number of nitrogens with zero attached hydrogens (tertiary/aromatic N) is 1. The van der Waals surface area contributed by atoms with Crippen LogP contribution in [0.4, 0.5) is 0 Å². The monoisotopic (exact) mass is 361 g/mol. The van der Waals surface area contributed by atoms with Crippen molar-refractivity contribution < 1.29 is 9.53 Å². The lowest BCUT2D eigenvalue weighted by molar-refractivity contribution is -0.141. The van der Waals surface area contributed by atoms with Crippen molar-refractivity contribution in [3.05, 3.63) is 27.7 Å². The lowest BCUT2D eigenvalue weighted by atomic mass is 10.2. The second-order valence-electron chi connectivity index (χ2n) is 5.27. The number of rotatable bonds is 5. The Hall–Kier alpha value is -0.740. The zero-order valence-corrected chi connectivity index (χ0v) is 14.8. The summed E-state index contributed by atoms with van der Waals surface area (Å²) in [5.41, 5.74) is 0. The van der Waals surface area contributed by atoms with E-state index in [2.05, 4.69) is 15.9 Å². The van der Waals surface area contributed by atoms with Gasteiger partial charge in [0, 0.05) is 17.1 Å². The van der Waals surface area contributed by atoms with Crippen molar-refractivity contribution in [1.82, 2.24) is 4.90 Å². The van der Waals surface area contributed by atoms with Gasteiger partial charge in [0.05, 0.1) is 4.47 Å². The molecule has 1 atom stereocenters. The van der Waals surface area contributed by atoms with Crippen molar-refractivity contribution in [3.63, 3.8) is 0 Å². The predicted octanol–water partition coefficient (Wildman–Crippen LogP) is 4.52. The van der Waals surface area contributed by atoms with Gasteiger partial charge in [0.2, 0.25) is 0 Å². The summed E-state index contributed by atoms with van der Waals surface area (Å²) in [4.78, 5) is 14.3. The fraction of sp³-hybridized carbons (Fsp3) is 0.533. The molecule has 1 aromatic rings. The molecule has 3 nitrogen and oxygen atoms in total. The van der Waals surface area contributed by atoms with Crippen LogP contribution in [0.3, 0.4) is 0 Å². The molecule has 1 rings (SSSR count). The molecule has 0 heterocycles. The Balaban J connectivity index is 2.84. The van der Waals surface area contributed by atoms with E-state index in [1.54, 1.807) is 25.1 Å². The van der Waals surface area contributed by atoms with E-state index in [0.717, 1.165) is 4.47 Å². The van der Waals surface area contributed by atoms with Gasteiger partial charge in [0.1, 0.15) is 5.75 Å². The Labute approximate surface area is 134 Å². The van der Waals surface area contributed by atoms with E-state index in [0.29, 0.717) is 10.8 Å². The molecule has 20 heavy (non-hydrogen) atoms. The molecule has 0 spiro atoms. The van der Waals surface area contributed by atoms with Crippen molar-refractivity contribution in [2.75, 3.05) is 0 Å². The summed E-state index contributed by atoms with van der Waals surface area (Å²) in [5.74, 6) is 0.597. The van der Waals surface area contributed by atoms with E-state index < -0.39 is 6.10 Å². The molecule has 0 N–H and O–H groups in total. The molecule has 0 saturated heterocycles. The molecule has 0 aliphatic carbocycles. The summed E-state index contributed by atoms with van der Waals surface area (Å²) >= 11 is 9.27. The Morgan fingerprint density at radius 3 is 2.20 bits per heavy atom. The van der Waals surface area contributed by atoms with Gasteiger partial charge in [0.15, 0.2) is 6.10 Å². The van der Waals surface area contributed by atoms with Crippen LogP contribution in [-0.4, -0.2) is 29.0 Å². The van der Waals surface area contributed by atoms with E-state index in [1.807, 2.05) is 32.6 Å². The molecule has 0 aromatic heterocycles. The molecule has 0 saturated carbocycles. The van der Waals surface area contributed by atoms with Gasteiger partial charge in [-0.05, 0) is 68.7 Å². The highest BCUT2D eigenvalue weighted by molar-refractivity contribution is 9.10. The van der Waals surface area contributed by atoms with Crippen molar-refractivity contribution in [1.29, 1.82) is 0 Å².